The molecule has 2 unspecified atom stereocenters. The van der Waals surface area contributed by atoms with Crippen molar-refractivity contribution >= 4 is 46.8 Å². The molecule has 0 aliphatic carbocycles. The van der Waals surface area contributed by atoms with Gasteiger partial charge in [0.05, 0.1) is 16.6 Å². The van der Waals surface area contributed by atoms with Crippen molar-refractivity contribution in [3.8, 4) is 0 Å². The fourth-order valence-electron chi connectivity index (χ4n) is 6.04. The molecule has 3 amide bonds. The molecule has 34 heavy (non-hydrogen) atoms. The van der Waals surface area contributed by atoms with Gasteiger partial charge in [-0.05, 0) is 69.7 Å². The predicted molar refractivity (Wildman–Crippen MR) is 135 cm³/mol. The number of thioether (sulfide) groups is 1. The van der Waals surface area contributed by atoms with Gasteiger partial charge in [0.15, 0.2) is 0 Å². The average molecular weight is 508 g/mol. The third kappa shape index (κ3) is 4.33. The topological polar surface area (TPSA) is 98.7 Å². The second kappa shape index (κ2) is 10.1. The Bertz CT molecular complexity index is 945. The van der Waals surface area contributed by atoms with E-state index in [9.17, 15) is 14.4 Å². The normalized spacial score (nSPS) is 31.6. The van der Waals surface area contributed by atoms with Gasteiger partial charge in [-0.2, -0.15) is 0 Å². The highest BCUT2D eigenvalue weighted by Crippen LogP contribution is 2.71. The van der Waals surface area contributed by atoms with E-state index >= 15 is 0 Å². The number of unbranched alkanes of at least 4 members (excludes halogenated alkanes) is 2. The zero-order chi connectivity index (χ0) is 24.5. The Balaban J connectivity index is 1.65. The van der Waals surface area contributed by atoms with Crippen LogP contribution in [0.15, 0.2) is 24.3 Å². The number of amides is 3. The summed E-state index contributed by atoms with van der Waals surface area (Å²) in [4.78, 5) is 42.6. The van der Waals surface area contributed by atoms with E-state index in [1.54, 1.807) is 40.9 Å². The molecule has 3 saturated heterocycles. The number of anilines is 1. The first kappa shape index (κ1) is 25.3. The van der Waals surface area contributed by atoms with Crippen molar-refractivity contribution in [2.75, 3.05) is 25.0 Å². The summed E-state index contributed by atoms with van der Waals surface area (Å²) >= 11 is 7.67. The molecule has 3 N–H and O–H groups in total. The summed E-state index contributed by atoms with van der Waals surface area (Å²) in [5, 5.41) is 15.7. The van der Waals surface area contributed by atoms with Gasteiger partial charge < -0.3 is 20.6 Å². The van der Waals surface area contributed by atoms with Gasteiger partial charge in [-0.25, -0.2) is 0 Å². The first-order valence-corrected chi connectivity index (χ1v) is 13.4. The number of likely N-dealkylation sites (tertiary alicyclic amines) is 1. The SMILES string of the molecule is CCCNC(=O)[C@H]1[C@H]2C(=O)N(CCCCCO)C(C(=O)Nc3ccc(Cl)cc3)C23CC[C@]1(C)S3. The molecule has 0 aromatic heterocycles. The predicted octanol–water partition coefficient (Wildman–Crippen LogP) is 3.45. The molecule has 3 aliphatic heterocycles. The van der Waals surface area contributed by atoms with Gasteiger partial charge in [-0.15, -0.1) is 11.8 Å². The van der Waals surface area contributed by atoms with Gasteiger partial charge in [0.25, 0.3) is 0 Å². The summed E-state index contributed by atoms with van der Waals surface area (Å²) in [7, 11) is 0. The zero-order valence-electron chi connectivity index (χ0n) is 19.8. The minimum absolute atomic E-state index is 0.0734. The average Bonchev–Trinajstić information content (AvgIpc) is 3.37. The van der Waals surface area contributed by atoms with Crippen LogP contribution in [-0.2, 0) is 14.4 Å². The first-order valence-electron chi connectivity index (χ1n) is 12.2. The lowest BCUT2D eigenvalue weighted by Crippen LogP contribution is -2.52. The number of nitrogens with zero attached hydrogens (tertiary/aromatic N) is 1. The second-order valence-electron chi connectivity index (χ2n) is 9.83. The van der Waals surface area contributed by atoms with Gasteiger partial charge in [-0.3, -0.25) is 14.4 Å². The van der Waals surface area contributed by atoms with E-state index in [1.165, 1.54) is 0 Å². The molecule has 9 heteroatoms. The van der Waals surface area contributed by atoms with Crippen LogP contribution in [0.3, 0.4) is 0 Å². The van der Waals surface area contributed by atoms with Crippen molar-refractivity contribution in [2.24, 2.45) is 11.8 Å². The number of aliphatic hydroxyl groups excluding tert-OH is 1. The number of hydrogen-bond donors (Lipinski definition) is 3. The van der Waals surface area contributed by atoms with Crippen molar-refractivity contribution in [3.63, 3.8) is 0 Å². The van der Waals surface area contributed by atoms with E-state index in [-0.39, 0.29) is 29.1 Å². The third-order valence-corrected chi connectivity index (χ3v) is 9.76. The van der Waals surface area contributed by atoms with Crippen LogP contribution < -0.4 is 10.6 Å². The van der Waals surface area contributed by atoms with Crippen LogP contribution in [0.4, 0.5) is 5.69 Å². The van der Waals surface area contributed by atoms with Crippen LogP contribution >= 0.6 is 23.4 Å². The van der Waals surface area contributed by atoms with E-state index < -0.39 is 22.6 Å². The number of benzene rings is 1. The number of aliphatic hydroxyl groups is 1. The summed E-state index contributed by atoms with van der Waals surface area (Å²) in [6.07, 6.45) is 4.49. The molecular formula is C25H34ClN3O4S. The summed E-state index contributed by atoms with van der Waals surface area (Å²) in [5.74, 6) is -1.33. The Kier molecular flexibility index (Phi) is 7.50. The molecule has 2 bridgehead atoms. The number of hydrogen-bond acceptors (Lipinski definition) is 5. The quantitative estimate of drug-likeness (QED) is 0.421. The van der Waals surface area contributed by atoms with Gasteiger partial charge in [0.2, 0.25) is 17.7 Å². The van der Waals surface area contributed by atoms with E-state index in [2.05, 4.69) is 17.6 Å². The number of fused-ring (bicyclic) bond motifs is 1. The molecule has 3 aliphatic rings. The van der Waals surface area contributed by atoms with Gasteiger partial charge in [-0.1, -0.05) is 18.5 Å². The summed E-state index contributed by atoms with van der Waals surface area (Å²) in [6, 6.07) is 6.29. The van der Waals surface area contributed by atoms with Crippen LogP contribution in [-0.4, -0.2) is 63.0 Å². The van der Waals surface area contributed by atoms with Crippen molar-refractivity contribution in [1.29, 1.82) is 0 Å². The Morgan fingerprint density at radius 2 is 1.91 bits per heavy atom. The highest BCUT2D eigenvalue weighted by atomic mass is 35.5. The molecule has 7 nitrogen and oxygen atoms in total. The lowest BCUT2D eigenvalue weighted by Gasteiger charge is -2.34. The highest BCUT2D eigenvalue weighted by molar-refractivity contribution is 8.02. The molecule has 1 aromatic rings. The zero-order valence-corrected chi connectivity index (χ0v) is 21.4. The number of carbonyl (C=O) groups excluding carboxylic acids is 3. The van der Waals surface area contributed by atoms with Gasteiger partial charge in [0, 0.05) is 35.2 Å². The Labute approximate surface area is 210 Å². The lowest BCUT2D eigenvalue weighted by atomic mass is 9.66. The minimum Gasteiger partial charge on any atom is -0.396 e. The maximum atomic E-state index is 13.9. The van der Waals surface area contributed by atoms with Crippen molar-refractivity contribution < 1.29 is 19.5 Å². The molecule has 4 rings (SSSR count). The molecule has 1 aromatic carbocycles. The molecular weight excluding hydrogens is 474 g/mol. The summed E-state index contributed by atoms with van der Waals surface area (Å²) in [5.41, 5.74) is 0.628. The Hall–Kier alpha value is -1.77. The van der Waals surface area contributed by atoms with Crippen molar-refractivity contribution in [1.82, 2.24) is 10.2 Å². The summed E-state index contributed by atoms with van der Waals surface area (Å²) < 4.78 is -0.979. The summed E-state index contributed by atoms with van der Waals surface area (Å²) in [6.45, 7) is 5.21. The van der Waals surface area contributed by atoms with Crippen LogP contribution in [0, 0.1) is 11.8 Å². The minimum atomic E-state index is -0.648. The largest absolute Gasteiger partial charge is 0.396 e. The van der Waals surface area contributed by atoms with Crippen LogP contribution in [0.25, 0.3) is 0 Å². The number of halogens is 1. The molecule has 3 heterocycles. The second-order valence-corrected chi connectivity index (χ2v) is 12.2. The first-order chi connectivity index (χ1) is 16.3. The maximum absolute atomic E-state index is 13.9. The number of carbonyl (C=O) groups is 3. The van der Waals surface area contributed by atoms with Crippen molar-refractivity contribution in [3.05, 3.63) is 29.3 Å². The fraction of sp³-hybridized carbons (Fsp3) is 0.640. The standard InChI is InChI=1S/C25H34ClN3O4S/c1-3-13-27-21(31)18-19-23(33)29(14-5-4-6-15-30)20(25(19)12-11-24(18,2)34-25)22(32)28-17-9-7-16(26)8-10-17/h7-10,18-20,30H,3-6,11-15H2,1-2H3,(H,27,31)(H,28,32)/t18-,19+,20?,24+,25?/m1/s1. The fourth-order valence-corrected chi connectivity index (χ4v) is 8.52. The number of rotatable bonds is 10. The molecule has 186 valence electrons. The monoisotopic (exact) mass is 507 g/mol. The molecule has 0 radical (unpaired) electrons. The number of nitrogens with one attached hydrogen (secondary N) is 2. The van der Waals surface area contributed by atoms with Crippen LogP contribution in [0.1, 0.15) is 52.4 Å². The van der Waals surface area contributed by atoms with Crippen LogP contribution in [0.5, 0.6) is 0 Å². The molecule has 1 spiro atoms. The highest BCUT2D eigenvalue weighted by Gasteiger charge is 2.76. The molecule has 3 fully saturated rings. The third-order valence-electron chi connectivity index (χ3n) is 7.53. The molecule has 5 atom stereocenters. The Morgan fingerprint density at radius 3 is 2.59 bits per heavy atom. The smallest absolute Gasteiger partial charge is 0.248 e. The van der Waals surface area contributed by atoms with Gasteiger partial charge >= 0.3 is 0 Å². The lowest BCUT2D eigenvalue weighted by molar-refractivity contribution is -0.140. The van der Waals surface area contributed by atoms with E-state index in [0.29, 0.717) is 36.6 Å². The van der Waals surface area contributed by atoms with E-state index in [1.807, 2.05) is 6.92 Å². The van der Waals surface area contributed by atoms with Gasteiger partial charge in [0.1, 0.15) is 6.04 Å². The Morgan fingerprint density at radius 1 is 1.18 bits per heavy atom. The maximum Gasteiger partial charge on any atom is 0.248 e. The molecule has 0 saturated carbocycles. The van der Waals surface area contributed by atoms with Crippen molar-refractivity contribution in [2.45, 2.75) is 67.9 Å². The van der Waals surface area contributed by atoms with E-state index in [0.717, 1.165) is 25.7 Å². The van der Waals surface area contributed by atoms with E-state index in [4.69, 9.17) is 16.7 Å². The van der Waals surface area contributed by atoms with Crippen LogP contribution in [0.2, 0.25) is 5.02 Å².